The first-order chi connectivity index (χ1) is 7.66. The van der Waals surface area contributed by atoms with Crippen molar-refractivity contribution in [2.24, 2.45) is 0 Å². The molecule has 2 N–H and O–H groups in total. The number of aryl methyl sites for hydroxylation is 2. The standard InChI is InChI=1S/C10H12N4O2/c1-6-8(7(2)16-14-6)5-10(15)12-9-3-4-11-13-9/h3-4H,5H2,1-2H3,(H2,11,12,13,15). The number of aromatic nitrogens is 3. The Hall–Kier alpha value is -2.11. The molecule has 2 aromatic rings. The molecule has 0 aliphatic heterocycles. The van der Waals surface area contributed by atoms with Crippen LogP contribution in [0.25, 0.3) is 0 Å². The Kier molecular flexibility index (Phi) is 2.72. The number of nitrogens with zero attached hydrogens (tertiary/aromatic N) is 2. The molecule has 0 bridgehead atoms. The third kappa shape index (κ3) is 2.10. The molecule has 0 spiro atoms. The van der Waals surface area contributed by atoms with E-state index in [0.29, 0.717) is 11.6 Å². The Morgan fingerprint density at radius 1 is 1.56 bits per heavy atom. The number of H-pyrrole nitrogens is 1. The summed E-state index contributed by atoms with van der Waals surface area (Å²) in [6.07, 6.45) is 1.83. The average molecular weight is 220 g/mol. The second kappa shape index (κ2) is 4.18. The lowest BCUT2D eigenvalue weighted by Crippen LogP contribution is -2.15. The Morgan fingerprint density at radius 3 is 2.94 bits per heavy atom. The Labute approximate surface area is 92.0 Å². The molecule has 0 unspecified atom stereocenters. The zero-order chi connectivity index (χ0) is 11.5. The van der Waals surface area contributed by atoms with E-state index in [4.69, 9.17) is 4.52 Å². The van der Waals surface area contributed by atoms with Gasteiger partial charge in [0.25, 0.3) is 0 Å². The van der Waals surface area contributed by atoms with Crippen molar-refractivity contribution in [2.75, 3.05) is 5.32 Å². The van der Waals surface area contributed by atoms with Crippen molar-refractivity contribution in [1.82, 2.24) is 15.4 Å². The summed E-state index contributed by atoms with van der Waals surface area (Å²) in [6, 6.07) is 1.69. The molecular weight excluding hydrogens is 208 g/mol. The first-order valence-electron chi connectivity index (χ1n) is 4.88. The molecule has 2 rings (SSSR count). The lowest BCUT2D eigenvalue weighted by Gasteiger charge is -2.01. The highest BCUT2D eigenvalue weighted by molar-refractivity contribution is 5.91. The van der Waals surface area contributed by atoms with E-state index in [2.05, 4.69) is 20.7 Å². The van der Waals surface area contributed by atoms with Crippen LogP contribution in [0.2, 0.25) is 0 Å². The van der Waals surface area contributed by atoms with Gasteiger partial charge >= 0.3 is 0 Å². The molecular formula is C10H12N4O2. The summed E-state index contributed by atoms with van der Waals surface area (Å²) in [5.74, 6) is 1.13. The van der Waals surface area contributed by atoms with Crippen LogP contribution in [0.1, 0.15) is 17.0 Å². The van der Waals surface area contributed by atoms with E-state index in [1.807, 2.05) is 6.92 Å². The lowest BCUT2D eigenvalue weighted by atomic mass is 10.1. The third-order valence-electron chi connectivity index (χ3n) is 2.29. The monoisotopic (exact) mass is 220 g/mol. The van der Waals surface area contributed by atoms with Crippen molar-refractivity contribution in [2.45, 2.75) is 20.3 Å². The van der Waals surface area contributed by atoms with Gasteiger partial charge in [-0.25, -0.2) is 0 Å². The number of anilines is 1. The molecule has 0 saturated carbocycles. The summed E-state index contributed by atoms with van der Waals surface area (Å²) in [6.45, 7) is 3.61. The second-order valence-corrected chi connectivity index (χ2v) is 3.50. The first kappa shape index (κ1) is 10.4. The van der Waals surface area contributed by atoms with Gasteiger partial charge in [0.2, 0.25) is 5.91 Å². The van der Waals surface area contributed by atoms with Crippen LogP contribution in [0.5, 0.6) is 0 Å². The number of amides is 1. The van der Waals surface area contributed by atoms with E-state index in [0.717, 1.165) is 11.3 Å². The molecule has 2 aromatic heterocycles. The van der Waals surface area contributed by atoms with Crippen LogP contribution >= 0.6 is 0 Å². The summed E-state index contributed by atoms with van der Waals surface area (Å²) < 4.78 is 4.98. The van der Waals surface area contributed by atoms with Crippen molar-refractivity contribution in [1.29, 1.82) is 0 Å². The Morgan fingerprint density at radius 2 is 2.38 bits per heavy atom. The highest BCUT2D eigenvalue weighted by atomic mass is 16.5. The number of aromatic amines is 1. The molecule has 16 heavy (non-hydrogen) atoms. The largest absolute Gasteiger partial charge is 0.361 e. The average Bonchev–Trinajstić information content (AvgIpc) is 2.83. The second-order valence-electron chi connectivity index (χ2n) is 3.50. The molecule has 0 aliphatic rings. The van der Waals surface area contributed by atoms with Gasteiger partial charge < -0.3 is 9.84 Å². The van der Waals surface area contributed by atoms with Crippen LogP contribution in [0, 0.1) is 13.8 Å². The zero-order valence-electron chi connectivity index (χ0n) is 9.07. The minimum Gasteiger partial charge on any atom is -0.361 e. The van der Waals surface area contributed by atoms with Gasteiger partial charge in [0.15, 0.2) is 0 Å². The lowest BCUT2D eigenvalue weighted by molar-refractivity contribution is -0.115. The topological polar surface area (TPSA) is 83.8 Å². The number of hydrogen-bond donors (Lipinski definition) is 2. The quantitative estimate of drug-likeness (QED) is 0.813. The van der Waals surface area contributed by atoms with E-state index in [1.165, 1.54) is 0 Å². The maximum Gasteiger partial charge on any atom is 0.230 e. The summed E-state index contributed by atoms with van der Waals surface area (Å²) in [5, 5.41) is 12.9. The van der Waals surface area contributed by atoms with Gasteiger partial charge in [-0.1, -0.05) is 5.16 Å². The predicted octanol–water partition coefficient (Wildman–Crippen LogP) is 1.20. The minimum absolute atomic E-state index is 0.126. The number of carbonyl (C=O) groups is 1. The van der Waals surface area contributed by atoms with E-state index in [-0.39, 0.29) is 12.3 Å². The molecule has 1 amide bonds. The molecule has 0 aromatic carbocycles. The fourth-order valence-corrected chi connectivity index (χ4v) is 1.43. The van der Waals surface area contributed by atoms with Crippen LogP contribution in [-0.4, -0.2) is 21.3 Å². The van der Waals surface area contributed by atoms with Crippen molar-refractivity contribution >= 4 is 11.7 Å². The highest BCUT2D eigenvalue weighted by Crippen LogP contribution is 2.13. The summed E-state index contributed by atoms with van der Waals surface area (Å²) in [4.78, 5) is 11.7. The van der Waals surface area contributed by atoms with Crippen molar-refractivity contribution in [3.05, 3.63) is 29.3 Å². The molecule has 2 heterocycles. The van der Waals surface area contributed by atoms with Crippen LogP contribution in [0.3, 0.4) is 0 Å². The van der Waals surface area contributed by atoms with Gasteiger partial charge in [0.05, 0.1) is 18.3 Å². The van der Waals surface area contributed by atoms with Gasteiger partial charge in [-0.15, -0.1) is 0 Å². The molecule has 84 valence electrons. The Balaban J connectivity index is 2.03. The molecule has 6 heteroatoms. The van der Waals surface area contributed by atoms with Gasteiger partial charge in [-0.3, -0.25) is 9.89 Å². The first-order valence-corrected chi connectivity index (χ1v) is 4.88. The van der Waals surface area contributed by atoms with Crippen LogP contribution in [0.15, 0.2) is 16.8 Å². The van der Waals surface area contributed by atoms with Gasteiger partial charge in [0, 0.05) is 11.6 Å². The predicted molar refractivity (Wildman–Crippen MR) is 56.9 cm³/mol. The van der Waals surface area contributed by atoms with Crippen LogP contribution < -0.4 is 5.32 Å². The van der Waals surface area contributed by atoms with Crippen LogP contribution in [0.4, 0.5) is 5.82 Å². The molecule has 0 aliphatic carbocycles. The fourth-order valence-electron chi connectivity index (χ4n) is 1.43. The van der Waals surface area contributed by atoms with Crippen molar-refractivity contribution in [3.63, 3.8) is 0 Å². The van der Waals surface area contributed by atoms with Gasteiger partial charge in [-0.05, 0) is 13.8 Å². The SMILES string of the molecule is Cc1noc(C)c1CC(=O)Nc1ccn[nH]1. The van der Waals surface area contributed by atoms with E-state index < -0.39 is 0 Å². The molecule has 0 radical (unpaired) electrons. The summed E-state index contributed by atoms with van der Waals surface area (Å²) in [7, 11) is 0. The van der Waals surface area contributed by atoms with Crippen molar-refractivity contribution < 1.29 is 9.32 Å². The number of nitrogens with one attached hydrogen (secondary N) is 2. The highest BCUT2D eigenvalue weighted by Gasteiger charge is 2.13. The zero-order valence-corrected chi connectivity index (χ0v) is 9.07. The summed E-state index contributed by atoms with van der Waals surface area (Å²) in [5.41, 5.74) is 1.58. The van der Waals surface area contributed by atoms with Crippen LogP contribution in [-0.2, 0) is 11.2 Å². The van der Waals surface area contributed by atoms with E-state index in [1.54, 1.807) is 19.2 Å². The maximum absolute atomic E-state index is 11.7. The normalized spacial score (nSPS) is 10.4. The number of carbonyl (C=O) groups excluding carboxylic acids is 1. The maximum atomic E-state index is 11.7. The van der Waals surface area contributed by atoms with Gasteiger partial charge in [-0.2, -0.15) is 5.10 Å². The van der Waals surface area contributed by atoms with Gasteiger partial charge in [0.1, 0.15) is 11.6 Å². The minimum atomic E-state index is -0.126. The number of rotatable bonds is 3. The summed E-state index contributed by atoms with van der Waals surface area (Å²) >= 11 is 0. The Bertz CT molecular complexity index is 467. The molecule has 0 saturated heterocycles. The molecule has 0 atom stereocenters. The third-order valence-corrected chi connectivity index (χ3v) is 2.29. The van der Waals surface area contributed by atoms with Crippen molar-refractivity contribution in [3.8, 4) is 0 Å². The fraction of sp³-hybridized carbons (Fsp3) is 0.300. The molecule has 0 fully saturated rings. The van der Waals surface area contributed by atoms with E-state index in [9.17, 15) is 4.79 Å². The smallest absolute Gasteiger partial charge is 0.230 e. The van der Waals surface area contributed by atoms with E-state index >= 15 is 0 Å². The number of hydrogen-bond acceptors (Lipinski definition) is 4. The molecule has 6 nitrogen and oxygen atoms in total.